The van der Waals surface area contributed by atoms with Gasteiger partial charge in [-0.25, -0.2) is 0 Å². The van der Waals surface area contributed by atoms with Crippen molar-refractivity contribution in [1.82, 2.24) is 0 Å². The highest BCUT2D eigenvalue weighted by atomic mass is 16.5. The molecule has 0 saturated carbocycles. The van der Waals surface area contributed by atoms with Crippen molar-refractivity contribution >= 4 is 11.6 Å². The van der Waals surface area contributed by atoms with Crippen LogP contribution in [0.5, 0.6) is 17.2 Å². The summed E-state index contributed by atoms with van der Waals surface area (Å²) in [5.41, 5.74) is 1.71. The first-order valence-corrected chi connectivity index (χ1v) is 6.31. The number of benzene rings is 2. The first-order chi connectivity index (χ1) is 10.2. The summed E-state index contributed by atoms with van der Waals surface area (Å²) >= 11 is 0. The number of ether oxygens (including phenoxy) is 2. The number of hydrogen-bond acceptors (Lipinski definition) is 4. The van der Waals surface area contributed by atoms with Crippen molar-refractivity contribution < 1.29 is 14.6 Å². The minimum absolute atomic E-state index is 0.130. The van der Waals surface area contributed by atoms with Gasteiger partial charge in [-0.1, -0.05) is 18.2 Å². The molecular formula is C17H15NO3. The topological polar surface area (TPSA) is 62.5 Å². The third-order valence-corrected chi connectivity index (χ3v) is 3.05. The molecule has 0 amide bonds. The second kappa shape index (κ2) is 6.49. The van der Waals surface area contributed by atoms with Gasteiger partial charge < -0.3 is 14.6 Å². The Balaban J connectivity index is 2.48. The van der Waals surface area contributed by atoms with Crippen LogP contribution in [0.3, 0.4) is 0 Å². The average molecular weight is 281 g/mol. The van der Waals surface area contributed by atoms with E-state index in [2.05, 4.69) is 6.07 Å². The van der Waals surface area contributed by atoms with Crippen LogP contribution in [0.4, 0.5) is 0 Å². The maximum atomic E-state index is 9.79. The Morgan fingerprint density at radius 1 is 1.10 bits per heavy atom. The molecule has 0 bridgehead atoms. The van der Waals surface area contributed by atoms with Gasteiger partial charge in [0.2, 0.25) is 0 Å². The molecule has 0 heterocycles. The second-order valence-corrected chi connectivity index (χ2v) is 4.30. The third kappa shape index (κ3) is 3.15. The van der Waals surface area contributed by atoms with Crippen LogP contribution in [-0.2, 0) is 0 Å². The Kier molecular flexibility index (Phi) is 4.47. The fourth-order valence-corrected chi connectivity index (χ4v) is 1.95. The lowest BCUT2D eigenvalue weighted by Gasteiger charge is -2.09. The number of aromatic hydroxyl groups is 1. The molecule has 0 unspecified atom stereocenters. The molecule has 1 N–H and O–H groups in total. The van der Waals surface area contributed by atoms with Crippen LogP contribution in [0.2, 0.25) is 0 Å². The number of nitrogens with zero attached hydrogens (tertiary/aromatic N) is 1. The molecule has 0 fully saturated rings. The summed E-state index contributed by atoms with van der Waals surface area (Å²) in [6.45, 7) is 0. The van der Waals surface area contributed by atoms with Gasteiger partial charge in [0.05, 0.1) is 25.9 Å². The Bertz CT molecular complexity index is 714. The van der Waals surface area contributed by atoms with E-state index in [9.17, 15) is 10.4 Å². The van der Waals surface area contributed by atoms with E-state index in [4.69, 9.17) is 9.47 Å². The van der Waals surface area contributed by atoms with Gasteiger partial charge in [0.15, 0.2) is 11.5 Å². The maximum absolute atomic E-state index is 9.79. The van der Waals surface area contributed by atoms with Gasteiger partial charge >= 0.3 is 0 Å². The lowest BCUT2D eigenvalue weighted by molar-refractivity contribution is 0.355. The molecule has 4 heteroatoms. The minimum Gasteiger partial charge on any atom is -0.507 e. The molecule has 0 aliphatic carbocycles. The van der Waals surface area contributed by atoms with E-state index in [0.717, 1.165) is 0 Å². The van der Waals surface area contributed by atoms with Gasteiger partial charge in [-0.15, -0.1) is 0 Å². The molecule has 0 radical (unpaired) electrons. The monoisotopic (exact) mass is 281 g/mol. The van der Waals surface area contributed by atoms with Crippen molar-refractivity contribution in [3.63, 3.8) is 0 Å². The van der Waals surface area contributed by atoms with Crippen LogP contribution in [-0.4, -0.2) is 19.3 Å². The number of phenols is 1. The number of methoxy groups -OCH3 is 2. The highest BCUT2D eigenvalue weighted by Gasteiger charge is 2.08. The Hall–Kier alpha value is -2.93. The van der Waals surface area contributed by atoms with E-state index in [0.29, 0.717) is 28.2 Å². The quantitative estimate of drug-likeness (QED) is 0.688. The van der Waals surface area contributed by atoms with E-state index in [1.165, 1.54) is 0 Å². The van der Waals surface area contributed by atoms with Gasteiger partial charge in [0.1, 0.15) is 5.75 Å². The van der Waals surface area contributed by atoms with E-state index >= 15 is 0 Å². The molecule has 21 heavy (non-hydrogen) atoms. The predicted octanol–water partition coefficient (Wildman–Crippen LogP) is 3.47. The van der Waals surface area contributed by atoms with Crippen LogP contribution in [0, 0.1) is 11.3 Å². The lowest BCUT2D eigenvalue weighted by Crippen LogP contribution is -1.92. The second-order valence-electron chi connectivity index (χ2n) is 4.30. The Morgan fingerprint density at radius 2 is 1.81 bits per heavy atom. The number of phenolic OH excluding ortho intramolecular Hbond substituents is 1. The van der Waals surface area contributed by atoms with E-state index in [1.54, 1.807) is 62.8 Å². The average Bonchev–Trinajstić information content (AvgIpc) is 2.53. The summed E-state index contributed by atoms with van der Waals surface area (Å²) in [6, 6.07) is 14.2. The van der Waals surface area contributed by atoms with Gasteiger partial charge in [-0.05, 0) is 35.9 Å². The number of para-hydroxylation sites is 1. The standard InChI is InChI=1S/C17H15NO3/c1-20-16-8-7-12(10-17(16)21-2)14(11-18)9-13-5-3-4-6-15(13)19/h3-10,19H,1-2H3/b14-9+. The molecule has 0 aliphatic heterocycles. The fraction of sp³-hybridized carbons (Fsp3) is 0.118. The fourth-order valence-electron chi connectivity index (χ4n) is 1.95. The van der Waals surface area contributed by atoms with Crippen molar-refractivity contribution in [3.8, 4) is 23.3 Å². The predicted molar refractivity (Wildman–Crippen MR) is 81.1 cm³/mol. The molecule has 0 aliphatic rings. The highest BCUT2D eigenvalue weighted by molar-refractivity contribution is 5.91. The minimum atomic E-state index is 0.130. The maximum Gasteiger partial charge on any atom is 0.161 e. The Labute approximate surface area is 123 Å². The van der Waals surface area contributed by atoms with E-state index < -0.39 is 0 Å². The zero-order valence-electron chi connectivity index (χ0n) is 11.8. The van der Waals surface area contributed by atoms with Gasteiger partial charge in [-0.3, -0.25) is 0 Å². The number of hydrogen-bond donors (Lipinski definition) is 1. The molecule has 0 aromatic heterocycles. The van der Waals surface area contributed by atoms with Crippen LogP contribution in [0.25, 0.3) is 11.6 Å². The molecule has 2 aromatic carbocycles. The number of nitriles is 1. The van der Waals surface area contributed by atoms with E-state index in [1.807, 2.05) is 0 Å². The van der Waals surface area contributed by atoms with Crippen LogP contribution in [0.1, 0.15) is 11.1 Å². The summed E-state index contributed by atoms with van der Waals surface area (Å²) in [7, 11) is 3.10. The van der Waals surface area contributed by atoms with Gasteiger partial charge in [-0.2, -0.15) is 5.26 Å². The van der Waals surface area contributed by atoms with Crippen molar-refractivity contribution in [2.24, 2.45) is 0 Å². The zero-order valence-corrected chi connectivity index (χ0v) is 11.8. The van der Waals surface area contributed by atoms with Crippen molar-refractivity contribution in [2.75, 3.05) is 14.2 Å². The van der Waals surface area contributed by atoms with Gasteiger partial charge in [0, 0.05) is 5.56 Å². The van der Waals surface area contributed by atoms with Crippen molar-refractivity contribution in [3.05, 3.63) is 53.6 Å². The molecule has 0 saturated heterocycles. The molecular weight excluding hydrogens is 266 g/mol. The molecule has 106 valence electrons. The largest absolute Gasteiger partial charge is 0.507 e. The SMILES string of the molecule is COc1ccc(/C(C#N)=C/c2ccccc2O)cc1OC. The van der Waals surface area contributed by atoms with E-state index in [-0.39, 0.29) is 5.75 Å². The summed E-state index contributed by atoms with van der Waals surface area (Å²) in [5, 5.41) is 19.1. The smallest absolute Gasteiger partial charge is 0.161 e. The molecule has 2 rings (SSSR count). The molecule has 0 spiro atoms. The van der Waals surface area contributed by atoms with Crippen molar-refractivity contribution in [1.29, 1.82) is 5.26 Å². The first kappa shape index (κ1) is 14.5. The lowest BCUT2D eigenvalue weighted by atomic mass is 10.0. The van der Waals surface area contributed by atoms with Crippen molar-refractivity contribution in [2.45, 2.75) is 0 Å². The number of rotatable bonds is 4. The molecule has 4 nitrogen and oxygen atoms in total. The highest BCUT2D eigenvalue weighted by Crippen LogP contribution is 2.31. The first-order valence-electron chi connectivity index (χ1n) is 6.31. The summed E-state index contributed by atoms with van der Waals surface area (Å²) in [4.78, 5) is 0. The summed E-state index contributed by atoms with van der Waals surface area (Å²) in [5.74, 6) is 1.28. The Morgan fingerprint density at radius 3 is 2.43 bits per heavy atom. The molecule has 2 aromatic rings. The van der Waals surface area contributed by atoms with Crippen LogP contribution < -0.4 is 9.47 Å². The normalized spacial score (nSPS) is 10.8. The van der Waals surface area contributed by atoms with Crippen LogP contribution >= 0.6 is 0 Å². The summed E-state index contributed by atoms with van der Waals surface area (Å²) < 4.78 is 10.4. The number of allylic oxidation sites excluding steroid dienone is 1. The molecule has 0 atom stereocenters. The van der Waals surface area contributed by atoms with Gasteiger partial charge in [0.25, 0.3) is 0 Å². The van der Waals surface area contributed by atoms with Crippen LogP contribution in [0.15, 0.2) is 42.5 Å². The summed E-state index contributed by atoms with van der Waals surface area (Å²) in [6.07, 6.45) is 1.64. The zero-order chi connectivity index (χ0) is 15.2. The third-order valence-electron chi connectivity index (χ3n) is 3.05.